The van der Waals surface area contributed by atoms with Crippen molar-refractivity contribution in [1.29, 1.82) is 0 Å². The molecule has 0 aliphatic rings. The van der Waals surface area contributed by atoms with Gasteiger partial charge in [0.2, 0.25) is 0 Å². The highest BCUT2D eigenvalue weighted by atomic mass is 16.5. The summed E-state index contributed by atoms with van der Waals surface area (Å²) in [6.45, 7) is -0.0510. The van der Waals surface area contributed by atoms with Crippen LogP contribution in [-0.4, -0.2) is 43.5 Å². The first-order valence-corrected chi connectivity index (χ1v) is 9.51. The summed E-state index contributed by atoms with van der Waals surface area (Å²) in [7, 11) is 4.03. The monoisotopic (exact) mass is 438 g/mol. The second kappa shape index (κ2) is 9.74. The number of rotatable bonds is 7. The summed E-state index contributed by atoms with van der Waals surface area (Å²) in [6.07, 6.45) is 0. The Bertz CT molecular complexity index is 1150. The van der Waals surface area contributed by atoms with Gasteiger partial charge in [0.15, 0.2) is 23.0 Å². The Morgan fingerprint density at radius 3 is 2.28 bits per heavy atom. The van der Waals surface area contributed by atoms with Gasteiger partial charge in [0, 0.05) is 5.56 Å². The number of hydrogen-bond acceptors (Lipinski definition) is 8. The second-order valence-corrected chi connectivity index (χ2v) is 6.70. The highest BCUT2D eigenvalue weighted by Gasteiger charge is 2.21. The maximum Gasteiger partial charge on any atom is 0.338 e. The molecule has 0 heterocycles. The minimum atomic E-state index is -0.598. The predicted octanol–water partition coefficient (Wildman–Crippen LogP) is 3.93. The molecule has 8 heteroatoms. The van der Waals surface area contributed by atoms with Crippen LogP contribution in [0.5, 0.6) is 23.0 Å². The molecule has 0 atom stereocenters. The second-order valence-electron chi connectivity index (χ2n) is 6.70. The summed E-state index contributed by atoms with van der Waals surface area (Å²) >= 11 is 0. The van der Waals surface area contributed by atoms with Crippen LogP contribution in [0.15, 0.2) is 54.6 Å². The lowest BCUT2D eigenvalue weighted by Gasteiger charge is -2.15. The van der Waals surface area contributed by atoms with E-state index in [2.05, 4.69) is 0 Å². The molecular formula is C24H22O8. The molecule has 8 nitrogen and oxygen atoms in total. The van der Waals surface area contributed by atoms with Crippen LogP contribution in [0.2, 0.25) is 0 Å². The SMILES string of the molecule is COC(=O)c1ccc(O)c(OC)c1-c1cccc(COC(=O)c2ccc(O)c(OC)c2)c1. The van der Waals surface area contributed by atoms with E-state index < -0.39 is 11.9 Å². The largest absolute Gasteiger partial charge is 0.504 e. The third kappa shape index (κ3) is 4.59. The van der Waals surface area contributed by atoms with Crippen molar-refractivity contribution < 1.29 is 38.7 Å². The number of phenols is 2. The molecular weight excluding hydrogens is 416 g/mol. The van der Waals surface area contributed by atoms with Crippen LogP contribution in [0.3, 0.4) is 0 Å². The molecule has 0 fully saturated rings. The lowest BCUT2D eigenvalue weighted by molar-refractivity contribution is 0.0472. The minimum Gasteiger partial charge on any atom is -0.504 e. The molecule has 3 aromatic rings. The van der Waals surface area contributed by atoms with E-state index in [0.717, 1.165) is 0 Å². The van der Waals surface area contributed by atoms with Crippen LogP contribution in [0.25, 0.3) is 11.1 Å². The van der Waals surface area contributed by atoms with Gasteiger partial charge in [0.05, 0.1) is 32.5 Å². The molecule has 0 unspecified atom stereocenters. The van der Waals surface area contributed by atoms with Crippen molar-refractivity contribution >= 4 is 11.9 Å². The molecule has 3 aromatic carbocycles. The third-order valence-corrected chi connectivity index (χ3v) is 4.75. The summed E-state index contributed by atoms with van der Waals surface area (Å²) in [5.41, 5.74) is 2.00. The van der Waals surface area contributed by atoms with Gasteiger partial charge >= 0.3 is 11.9 Å². The van der Waals surface area contributed by atoms with E-state index in [4.69, 9.17) is 18.9 Å². The lowest BCUT2D eigenvalue weighted by atomic mass is 9.96. The summed E-state index contributed by atoms with van der Waals surface area (Å²) < 4.78 is 20.5. The Morgan fingerprint density at radius 1 is 0.844 bits per heavy atom. The summed E-state index contributed by atoms with van der Waals surface area (Å²) in [4.78, 5) is 24.7. The van der Waals surface area contributed by atoms with Crippen LogP contribution in [0.1, 0.15) is 26.3 Å². The van der Waals surface area contributed by atoms with E-state index in [1.54, 1.807) is 24.3 Å². The Labute approximate surface area is 184 Å². The fourth-order valence-electron chi connectivity index (χ4n) is 3.20. The average molecular weight is 438 g/mol. The van der Waals surface area contributed by atoms with Crippen molar-refractivity contribution in [2.24, 2.45) is 0 Å². The van der Waals surface area contributed by atoms with Crippen LogP contribution in [0, 0.1) is 0 Å². The maximum absolute atomic E-state index is 12.4. The first kappa shape index (κ1) is 22.5. The number of ether oxygens (including phenoxy) is 4. The van der Waals surface area contributed by atoms with Gasteiger partial charge in [0.25, 0.3) is 0 Å². The molecule has 0 saturated carbocycles. The van der Waals surface area contributed by atoms with Crippen LogP contribution in [0.4, 0.5) is 0 Å². The molecule has 0 aliphatic heterocycles. The molecule has 3 rings (SSSR count). The lowest BCUT2D eigenvalue weighted by Crippen LogP contribution is -2.07. The van der Waals surface area contributed by atoms with E-state index in [9.17, 15) is 19.8 Å². The fraction of sp³-hybridized carbons (Fsp3) is 0.167. The van der Waals surface area contributed by atoms with E-state index >= 15 is 0 Å². The predicted molar refractivity (Wildman–Crippen MR) is 115 cm³/mol. The summed E-state index contributed by atoms with van der Waals surface area (Å²) in [5.74, 6) is -1.12. The summed E-state index contributed by atoms with van der Waals surface area (Å²) in [5, 5.41) is 19.9. The molecule has 0 amide bonds. The molecule has 0 radical (unpaired) electrons. The van der Waals surface area contributed by atoms with Crippen molar-refractivity contribution in [1.82, 2.24) is 0 Å². The van der Waals surface area contributed by atoms with E-state index in [-0.39, 0.29) is 40.7 Å². The van der Waals surface area contributed by atoms with Gasteiger partial charge in [-0.1, -0.05) is 18.2 Å². The highest BCUT2D eigenvalue weighted by molar-refractivity contribution is 6.00. The number of benzene rings is 3. The zero-order valence-electron chi connectivity index (χ0n) is 17.7. The number of esters is 2. The Hall–Kier alpha value is -4.20. The molecule has 166 valence electrons. The van der Waals surface area contributed by atoms with E-state index in [1.165, 1.54) is 51.7 Å². The first-order chi connectivity index (χ1) is 15.4. The standard InChI is InChI=1S/C24H22O8/c1-29-20-12-16(7-9-18(20)25)23(27)32-13-14-5-4-6-15(11-14)21-17(24(28)31-3)8-10-19(26)22(21)30-2/h4-12,25-26H,13H2,1-3H3. The molecule has 32 heavy (non-hydrogen) atoms. The number of phenolic OH excluding ortho intramolecular Hbond substituents is 2. The van der Waals surface area contributed by atoms with Gasteiger partial charge < -0.3 is 29.2 Å². The molecule has 0 saturated heterocycles. The highest BCUT2D eigenvalue weighted by Crippen LogP contribution is 2.40. The van der Waals surface area contributed by atoms with Gasteiger partial charge in [-0.25, -0.2) is 9.59 Å². The van der Waals surface area contributed by atoms with Crippen molar-refractivity contribution in [3.8, 4) is 34.1 Å². The van der Waals surface area contributed by atoms with Crippen molar-refractivity contribution in [3.63, 3.8) is 0 Å². The van der Waals surface area contributed by atoms with Gasteiger partial charge in [-0.2, -0.15) is 0 Å². The zero-order valence-corrected chi connectivity index (χ0v) is 17.7. The van der Waals surface area contributed by atoms with Gasteiger partial charge in [-0.15, -0.1) is 0 Å². The minimum absolute atomic E-state index is 0.0510. The zero-order chi connectivity index (χ0) is 23.3. The Balaban J connectivity index is 1.89. The van der Waals surface area contributed by atoms with Crippen LogP contribution < -0.4 is 9.47 Å². The van der Waals surface area contributed by atoms with E-state index in [1.807, 2.05) is 0 Å². The number of aromatic hydroxyl groups is 2. The number of hydrogen-bond donors (Lipinski definition) is 2. The fourth-order valence-corrected chi connectivity index (χ4v) is 3.20. The van der Waals surface area contributed by atoms with Gasteiger partial charge in [-0.3, -0.25) is 0 Å². The van der Waals surface area contributed by atoms with Crippen molar-refractivity contribution in [2.75, 3.05) is 21.3 Å². The third-order valence-electron chi connectivity index (χ3n) is 4.75. The Morgan fingerprint density at radius 2 is 1.59 bits per heavy atom. The smallest absolute Gasteiger partial charge is 0.338 e. The van der Waals surface area contributed by atoms with Gasteiger partial charge in [0.1, 0.15) is 6.61 Å². The molecule has 0 aliphatic carbocycles. The van der Waals surface area contributed by atoms with Crippen LogP contribution >= 0.6 is 0 Å². The number of carbonyl (C=O) groups excluding carboxylic acids is 2. The summed E-state index contributed by atoms with van der Waals surface area (Å²) in [6, 6.07) is 13.9. The van der Waals surface area contributed by atoms with Crippen LogP contribution in [-0.2, 0) is 16.1 Å². The normalized spacial score (nSPS) is 10.3. The average Bonchev–Trinajstić information content (AvgIpc) is 2.82. The Kier molecular flexibility index (Phi) is 6.84. The number of methoxy groups -OCH3 is 3. The molecule has 0 aromatic heterocycles. The number of carbonyl (C=O) groups is 2. The van der Waals surface area contributed by atoms with Gasteiger partial charge in [-0.05, 0) is 47.5 Å². The van der Waals surface area contributed by atoms with Crippen molar-refractivity contribution in [2.45, 2.75) is 6.61 Å². The van der Waals surface area contributed by atoms with E-state index in [0.29, 0.717) is 16.7 Å². The molecule has 0 spiro atoms. The van der Waals surface area contributed by atoms with Crippen molar-refractivity contribution in [3.05, 3.63) is 71.3 Å². The topological polar surface area (TPSA) is 112 Å². The first-order valence-electron chi connectivity index (χ1n) is 9.51. The molecule has 2 N–H and O–H groups in total. The maximum atomic E-state index is 12.4. The molecule has 0 bridgehead atoms. The quantitative estimate of drug-likeness (QED) is 0.534.